The maximum Gasteiger partial charge on any atom is 0.274 e. The molecule has 30 heavy (non-hydrogen) atoms. The summed E-state index contributed by atoms with van der Waals surface area (Å²) < 4.78 is 1.66. The number of aromatic nitrogens is 3. The molecule has 0 unspecified atom stereocenters. The van der Waals surface area contributed by atoms with E-state index in [9.17, 15) is 14.4 Å². The third-order valence-electron chi connectivity index (χ3n) is 3.88. The molecule has 0 aliphatic rings. The lowest BCUT2D eigenvalue weighted by Crippen LogP contribution is -2.36. The molecule has 0 atom stereocenters. The molecule has 3 N–H and O–H groups in total. The molecule has 0 spiro atoms. The Morgan fingerprint density at radius 3 is 2.67 bits per heavy atom. The van der Waals surface area contributed by atoms with E-state index in [0.717, 1.165) is 0 Å². The lowest BCUT2D eigenvalue weighted by atomic mass is 10.1. The van der Waals surface area contributed by atoms with Crippen LogP contribution in [0.15, 0.2) is 41.1 Å². The van der Waals surface area contributed by atoms with Gasteiger partial charge in [-0.05, 0) is 52.7 Å². The van der Waals surface area contributed by atoms with E-state index in [-0.39, 0.29) is 27.8 Å². The fraction of sp³-hybridized carbons (Fsp3) is 0.0556. The van der Waals surface area contributed by atoms with Crippen molar-refractivity contribution in [3.05, 3.63) is 68.0 Å². The van der Waals surface area contributed by atoms with Gasteiger partial charge in [0, 0.05) is 17.3 Å². The standard InChI is InChI=1S/C18H13BrCl2N6O3/c1-9-5-10(20)6-11(17(29)25-23-8-28)15(9)24-18(30)13-7-14(19)26-27(13)16-12(21)3-2-4-22-16/h2-8H,1H3,(H,23,28)(H,24,30)(H,25,29). The SMILES string of the molecule is Cc1cc(Cl)cc(C(=O)NNC=O)c1NC(=O)c1cc(Br)nn1-c1ncccc1Cl. The molecule has 9 nitrogen and oxygen atoms in total. The Bertz CT molecular complexity index is 1150. The van der Waals surface area contributed by atoms with Crippen LogP contribution >= 0.6 is 39.1 Å². The number of nitrogens with one attached hydrogen (secondary N) is 3. The van der Waals surface area contributed by atoms with Gasteiger partial charge in [0.05, 0.1) is 16.3 Å². The molecule has 0 aliphatic carbocycles. The number of hydrogen-bond acceptors (Lipinski definition) is 5. The highest BCUT2D eigenvalue weighted by Crippen LogP contribution is 2.27. The van der Waals surface area contributed by atoms with Gasteiger partial charge in [0.1, 0.15) is 10.3 Å². The lowest BCUT2D eigenvalue weighted by Gasteiger charge is -2.15. The van der Waals surface area contributed by atoms with Crippen LogP contribution in [0.2, 0.25) is 10.0 Å². The first-order chi connectivity index (χ1) is 14.3. The first kappa shape index (κ1) is 21.8. The summed E-state index contributed by atoms with van der Waals surface area (Å²) in [6.07, 6.45) is 1.82. The molecule has 2 aromatic heterocycles. The van der Waals surface area contributed by atoms with Crippen molar-refractivity contribution < 1.29 is 14.4 Å². The van der Waals surface area contributed by atoms with Crippen molar-refractivity contribution in [3.63, 3.8) is 0 Å². The van der Waals surface area contributed by atoms with Gasteiger partial charge in [0.25, 0.3) is 11.8 Å². The second-order valence-electron chi connectivity index (χ2n) is 5.89. The predicted molar refractivity (Wildman–Crippen MR) is 115 cm³/mol. The van der Waals surface area contributed by atoms with Gasteiger partial charge in [-0.3, -0.25) is 25.2 Å². The first-order valence-electron chi connectivity index (χ1n) is 8.29. The minimum absolute atomic E-state index is 0.0590. The van der Waals surface area contributed by atoms with Crippen molar-refractivity contribution >= 4 is 63.0 Å². The highest BCUT2D eigenvalue weighted by Gasteiger charge is 2.22. The number of rotatable bonds is 6. The summed E-state index contributed by atoms with van der Waals surface area (Å²) in [4.78, 5) is 40.1. The monoisotopic (exact) mass is 510 g/mol. The second-order valence-corrected chi connectivity index (χ2v) is 7.54. The van der Waals surface area contributed by atoms with E-state index in [1.165, 1.54) is 23.0 Å². The maximum absolute atomic E-state index is 13.1. The molecule has 0 aliphatic heterocycles. The first-order valence-corrected chi connectivity index (χ1v) is 9.84. The minimum Gasteiger partial charge on any atom is -0.320 e. The van der Waals surface area contributed by atoms with Gasteiger partial charge in [-0.2, -0.15) is 5.10 Å². The number of amides is 3. The number of pyridine rings is 1. The molecular formula is C18H13BrCl2N6O3. The Hall–Kier alpha value is -2.95. The van der Waals surface area contributed by atoms with E-state index in [0.29, 0.717) is 21.6 Å². The van der Waals surface area contributed by atoms with Crippen LogP contribution in [0.5, 0.6) is 0 Å². The molecule has 0 bridgehead atoms. The Morgan fingerprint density at radius 1 is 1.20 bits per heavy atom. The van der Waals surface area contributed by atoms with E-state index in [1.807, 2.05) is 0 Å². The fourth-order valence-electron chi connectivity index (χ4n) is 2.64. The van der Waals surface area contributed by atoms with Crippen molar-refractivity contribution in [2.75, 3.05) is 5.32 Å². The van der Waals surface area contributed by atoms with Crippen LogP contribution in [-0.4, -0.2) is 33.0 Å². The summed E-state index contributed by atoms with van der Waals surface area (Å²) in [6.45, 7) is 1.67. The van der Waals surface area contributed by atoms with Gasteiger partial charge < -0.3 is 5.32 Å². The van der Waals surface area contributed by atoms with E-state index in [4.69, 9.17) is 23.2 Å². The molecule has 3 amide bonds. The third kappa shape index (κ3) is 4.61. The highest BCUT2D eigenvalue weighted by atomic mass is 79.9. The summed E-state index contributed by atoms with van der Waals surface area (Å²) in [7, 11) is 0. The molecule has 0 radical (unpaired) electrons. The molecule has 0 saturated carbocycles. The van der Waals surface area contributed by atoms with Crippen LogP contribution in [0.3, 0.4) is 0 Å². The van der Waals surface area contributed by atoms with E-state index in [1.54, 1.807) is 25.1 Å². The number of carbonyl (C=O) groups is 3. The zero-order valence-corrected chi connectivity index (χ0v) is 18.3. The Morgan fingerprint density at radius 2 is 1.97 bits per heavy atom. The summed E-state index contributed by atoms with van der Waals surface area (Å²) in [5, 5.41) is 7.49. The summed E-state index contributed by atoms with van der Waals surface area (Å²) in [5.74, 6) is -0.973. The summed E-state index contributed by atoms with van der Waals surface area (Å²) in [5.41, 5.74) is 5.17. The van der Waals surface area contributed by atoms with Gasteiger partial charge in [-0.15, -0.1) is 0 Å². The number of anilines is 1. The van der Waals surface area contributed by atoms with Gasteiger partial charge >= 0.3 is 0 Å². The molecule has 0 saturated heterocycles. The molecule has 0 fully saturated rings. The number of carbonyl (C=O) groups excluding carboxylic acids is 3. The molecule has 12 heteroatoms. The third-order valence-corrected chi connectivity index (χ3v) is 4.78. The largest absolute Gasteiger partial charge is 0.320 e. The molecule has 2 heterocycles. The van der Waals surface area contributed by atoms with Crippen molar-refractivity contribution in [1.82, 2.24) is 25.6 Å². The summed E-state index contributed by atoms with van der Waals surface area (Å²) in [6, 6.07) is 7.71. The maximum atomic E-state index is 13.1. The van der Waals surface area contributed by atoms with Crippen LogP contribution < -0.4 is 16.2 Å². The minimum atomic E-state index is -0.662. The van der Waals surface area contributed by atoms with Crippen LogP contribution in [0.25, 0.3) is 5.82 Å². The quantitative estimate of drug-likeness (QED) is 0.346. The van der Waals surface area contributed by atoms with Crippen molar-refractivity contribution in [1.29, 1.82) is 0 Å². The van der Waals surface area contributed by atoms with E-state index < -0.39 is 11.8 Å². The van der Waals surface area contributed by atoms with Gasteiger partial charge in [-0.1, -0.05) is 23.2 Å². The number of halogens is 3. The lowest BCUT2D eigenvalue weighted by molar-refractivity contribution is -0.110. The van der Waals surface area contributed by atoms with E-state index in [2.05, 4.69) is 42.2 Å². The molecule has 154 valence electrons. The zero-order chi connectivity index (χ0) is 21.8. The molecule has 3 aromatic rings. The van der Waals surface area contributed by atoms with Crippen LogP contribution in [0.4, 0.5) is 5.69 Å². The van der Waals surface area contributed by atoms with E-state index >= 15 is 0 Å². The van der Waals surface area contributed by atoms with Gasteiger partial charge in [0.2, 0.25) is 6.41 Å². The van der Waals surface area contributed by atoms with Crippen molar-refractivity contribution in [2.45, 2.75) is 6.92 Å². The predicted octanol–water partition coefficient (Wildman–Crippen LogP) is 3.29. The second kappa shape index (κ2) is 9.24. The van der Waals surface area contributed by atoms with Crippen LogP contribution in [-0.2, 0) is 4.79 Å². The molecular weight excluding hydrogens is 499 g/mol. The van der Waals surface area contributed by atoms with Crippen molar-refractivity contribution in [2.24, 2.45) is 0 Å². The Kier molecular flexibility index (Phi) is 6.70. The van der Waals surface area contributed by atoms with Gasteiger partial charge in [-0.25, -0.2) is 9.67 Å². The van der Waals surface area contributed by atoms with Gasteiger partial charge in [0.15, 0.2) is 5.82 Å². The molecule has 1 aromatic carbocycles. The normalized spacial score (nSPS) is 10.4. The molecule has 3 rings (SSSR count). The van der Waals surface area contributed by atoms with Crippen LogP contribution in [0.1, 0.15) is 26.4 Å². The zero-order valence-electron chi connectivity index (χ0n) is 15.2. The average molecular weight is 512 g/mol. The number of nitrogens with zero attached hydrogens (tertiary/aromatic N) is 3. The summed E-state index contributed by atoms with van der Waals surface area (Å²) >= 11 is 15.5. The Labute approximate surface area is 188 Å². The highest BCUT2D eigenvalue weighted by molar-refractivity contribution is 9.10. The topological polar surface area (TPSA) is 118 Å². The Balaban J connectivity index is 2.01. The van der Waals surface area contributed by atoms with Crippen LogP contribution in [0, 0.1) is 6.92 Å². The number of hydrogen-bond donors (Lipinski definition) is 3. The number of benzene rings is 1. The number of aryl methyl sites for hydroxylation is 1. The van der Waals surface area contributed by atoms with Crippen molar-refractivity contribution in [3.8, 4) is 5.82 Å². The fourth-order valence-corrected chi connectivity index (χ4v) is 3.49. The smallest absolute Gasteiger partial charge is 0.274 e. The average Bonchev–Trinajstić information content (AvgIpc) is 3.09. The number of hydrazine groups is 1.